The van der Waals surface area contributed by atoms with Crippen molar-refractivity contribution in [2.45, 2.75) is 20.4 Å². The largest absolute Gasteiger partial charge is 0.422 e. The molecule has 1 aliphatic rings. The van der Waals surface area contributed by atoms with Crippen LogP contribution in [0.5, 0.6) is 0 Å². The summed E-state index contributed by atoms with van der Waals surface area (Å²) in [5.41, 5.74) is 2.66. The Morgan fingerprint density at radius 3 is 2.83 bits per heavy atom. The lowest BCUT2D eigenvalue weighted by Crippen LogP contribution is -2.31. The molecular weight excluding hydrogens is 226 g/mol. The molecule has 0 N–H and O–H groups in total. The van der Waals surface area contributed by atoms with Gasteiger partial charge in [-0.05, 0) is 12.1 Å². The van der Waals surface area contributed by atoms with Crippen LogP contribution in [0.15, 0.2) is 45.7 Å². The molecule has 0 spiro atoms. The van der Waals surface area contributed by atoms with Crippen LogP contribution in [0.1, 0.15) is 19.4 Å². The van der Waals surface area contributed by atoms with Gasteiger partial charge in [-0.15, -0.1) is 0 Å². The molecule has 2 aromatic heterocycles. The highest BCUT2D eigenvalue weighted by molar-refractivity contribution is 6.02. The Morgan fingerprint density at radius 1 is 1.17 bits per heavy atom. The van der Waals surface area contributed by atoms with Crippen LogP contribution in [-0.4, -0.2) is 0 Å². The van der Waals surface area contributed by atoms with Crippen LogP contribution in [0.3, 0.4) is 0 Å². The summed E-state index contributed by atoms with van der Waals surface area (Å²) in [5, 5.41) is 1.75. The lowest BCUT2D eigenvalue weighted by molar-refractivity contribution is -0.657. The van der Waals surface area contributed by atoms with Gasteiger partial charge in [-0.2, -0.15) is 4.57 Å². The maximum absolute atomic E-state index is 11.8. The summed E-state index contributed by atoms with van der Waals surface area (Å²) in [4.78, 5) is 11.8. The number of aromatic nitrogens is 1. The first-order valence-corrected chi connectivity index (χ1v) is 6.21. The van der Waals surface area contributed by atoms with Crippen LogP contribution in [-0.2, 0) is 6.54 Å². The average Bonchev–Trinajstić information content (AvgIpc) is 2.79. The summed E-state index contributed by atoms with van der Waals surface area (Å²) in [7, 11) is 0. The zero-order chi connectivity index (χ0) is 12.7. The molecular formula is C15H14NO2+. The molecule has 0 saturated heterocycles. The standard InChI is InChI=1S/C13H8NO2.C2H6/c15-13-9-4-2-6-14-7-8-3-1-5-10(16-13)11(8)12(9)14;1-2/h1-6H,7H2;1-2H3/q+1;. The zero-order valence-corrected chi connectivity index (χ0v) is 10.4. The lowest BCUT2D eigenvalue weighted by atomic mass is 10.1. The quantitative estimate of drug-likeness (QED) is 0.269. The Balaban J connectivity index is 0.000000478. The maximum atomic E-state index is 11.8. The third-order valence-electron chi connectivity index (χ3n) is 3.18. The van der Waals surface area contributed by atoms with Crippen LogP contribution >= 0.6 is 0 Å². The van der Waals surface area contributed by atoms with Crippen LogP contribution in [0, 0.1) is 0 Å². The minimum Gasteiger partial charge on any atom is -0.422 e. The van der Waals surface area contributed by atoms with E-state index in [0.29, 0.717) is 11.0 Å². The van der Waals surface area contributed by atoms with Crippen molar-refractivity contribution in [3.05, 3.63) is 52.5 Å². The van der Waals surface area contributed by atoms with Gasteiger partial charge in [0.2, 0.25) is 5.52 Å². The molecule has 0 aliphatic carbocycles. The van der Waals surface area contributed by atoms with Gasteiger partial charge in [0.1, 0.15) is 11.0 Å². The van der Waals surface area contributed by atoms with Crippen LogP contribution in [0.4, 0.5) is 0 Å². The van der Waals surface area contributed by atoms with Gasteiger partial charge < -0.3 is 4.42 Å². The van der Waals surface area contributed by atoms with E-state index < -0.39 is 0 Å². The summed E-state index contributed by atoms with van der Waals surface area (Å²) >= 11 is 0. The number of hydrogen-bond donors (Lipinski definition) is 0. The van der Waals surface area contributed by atoms with Crippen LogP contribution in [0.25, 0.3) is 21.9 Å². The fourth-order valence-electron chi connectivity index (χ4n) is 2.53. The second-order valence-corrected chi connectivity index (χ2v) is 4.08. The first kappa shape index (κ1) is 11.0. The van der Waals surface area contributed by atoms with E-state index in [1.807, 2.05) is 44.3 Å². The first-order valence-electron chi connectivity index (χ1n) is 6.21. The number of rotatable bonds is 0. The van der Waals surface area contributed by atoms with E-state index in [1.54, 1.807) is 0 Å². The molecule has 3 aromatic rings. The minimum atomic E-state index is -0.254. The smallest absolute Gasteiger partial charge is 0.350 e. The van der Waals surface area contributed by atoms with Crippen molar-refractivity contribution >= 4 is 21.9 Å². The zero-order valence-electron chi connectivity index (χ0n) is 10.4. The Bertz CT molecular complexity index is 803. The van der Waals surface area contributed by atoms with Gasteiger partial charge in [0, 0.05) is 11.6 Å². The van der Waals surface area contributed by atoms with Crippen LogP contribution < -0.4 is 10.2 Å². The monoisotopic (exact) mass is 240 g/mol. The Kier molecular flexibility index (Phi) is 2.40. The molecule has 0 atom stereocenters. The van der Waals surface area contributed by atoms with E-state index in [9.17, 15) is 4.79 Å². The number of pyridine rings is 1. The van der Waals surface area contributed by atoms with E-state index in [4.69, 9.17) is 4.42 Å². The van der Waals surface area contributed by atoms with Gasteiger partial charge in [-0.1, -0.05) is 26.0 Å². The van der Waals surface area contributed by atoms with Crippen molar-refractivity contribution in [1.29, 1.82) is 0 Å². The predicted molar refractivity (Wildman–Crippen MR) is 70.6 cm³/mol. The summed E-state index contributed by atoms with van der Waals surface area (Å²) in [6.45, 7) is 4.82. The second kappa shape index (κ2) is 3.95. The summed E-state index contributed by atoms with van der Waals surface area (Å²) < 4.78 is 7.42. The normalized spacial score (nSPS) is 11.9. The summed E-state index contributed by atoms with van der Waals surface area (Å²) in [6, 6.07) is 9.56. The Morgan fingerprint density at radius 2 is 2.00 bits per heavy atom. The highest BCUT2D eigenvalue weighted by Crippen LogP contribution is 2.27. The predicted octanol–water partition coefficient (Wildman–Crippen LogP) is 2.62. The van der Waals surface area contributed by atoms with Crippen molar-refractivity contribution in [2.24, 2.45) is 0 Å². The maximum Gasteiger partial charge on any atom is 0.350 e. The van der Waals surface area contributed by atoms with Crippen LogP contribution in [0.2, 0.25) is 0 Å². The number of benzene rings is 1. The number of nitrogens with zero attached hydrogens (tertiary/aromatic N) is 1. The van der Waals surface area contributed by atoms with Gasteiger partial charge in [0.05, 0.1) is 5.39 Å². The van der Waals surface area contributed by atoms with Crippen molar-refractivity contribution in [1.82, 2.24) is 0 Å². The lowest BCUT2D eigenvalue weighted by Gasteiger charge is -1.95. The van der Waals surface area contributed by atoms with Crippen molar-refractivity contribution < 1.29 is 8.98 Å². The van der Waals surface area contributed by atoms with Gasteiger partial charge in [0.25, 0.3) is 0 Å². The Labute approximate surface area is 104 Å². The molecule has 1 aliphatic heterocycles. The molecule has 3 nitrogen and oxygen atoms in total. The molecule has 0 saturated carbocycles. The molecule has 18 heavy (non-hydrogen) atoms. The SMILES string of the molecule is CC.O=c1oc2cccc3c2c2c1ccc[n+]2C3. The van der Waals surface area contributed by atoms with E-state index in [-0.39, 0.29) is 5.63 Å². The molecule has 0 fully saturated rings. The number of hydrogen-bond acceptors (Lipinski definition) is 2. The second-order valence-electron chi connectivity index (χ2n) is 4.08. The first-order chi connectivity index (χ1) is 8.84. The molecule has 90 valence electrons. The van der Waals surface area contributed by atoms with Gasteiger partial charge in [-0.25, -0.2) is 4.79 Å². The van der Waals surface area contributed by atoms with Gasteiger partial charge >= 0.3 is 5.63 Å². The third-order valence-corrected chi connectivity index (χ3v) is 3.18. The van der Waals surface area contributed by atoms with Gasteiger partial charge in [0.15, 0.2) is 12.7 Å². The van der Waals surface area contributed by atoms with E-state index in [2.05, 4.69) is 10.6 Å². The average molecular weight is 240 g/mol. The molecule has 0 radical (unpaired) electrons. The van der Waals surface area contributed by atoms with Gasteiger partial charge in [-0.3, -0.25) is 0 Å². The highest BCUT2D eigenvalue weighted by atomic mass is 16.4. The van der Waals surface area contributed by atoms with Crippen molar-refractivity contribution in [3.8, 4) is 0 Å². The molecule has 1 aromatic carbocycles. The Hall–Kier alpha value is -2.16. The third kappa shape index (κ3) is 1.30. The molecule has 0 bridgehead atoms. The van der Waals surface area contributed by atoms with Crippen molar-refractivity contribution in [3.63, 3.8) is 0 Å². The highest BCUT2D eigenvalue weighted by Gasteiger charge is 2.26. The van der Waals surface area contributed by atoms with E-state index in [1.165, 1.54) is 5.56 Å². The topological polar surface area (TPSA) is 34.1 Å². The molecule has 3 heterocycles. The molecule has 3 heteroatoms. The minimum absolute atomic E-state index is 0.254. The summed E-state index contributed by atoms with van der Waals surface area (Å²) in [6.07, 6.45) is 2.00. The molecule has 4 rings (SSSR count). The molecule has 0 amide bonds. The van der Waals surface area contributed by atoms with Crippen molar-refractivity contribution in [2.75, 3.05) is 0 Å². The van der Waals surface area contributed by atoms with E-state index in [0.717, 1.165) is 17.4 Å². The fourth-order valence-corrected chi connectivity index (χ4v) is 2.53. The molecule has 0 unspecified atom stereocenters. The van der Waals surface area contributed by atoms with E-state index >= 15 is 0 Å². The summed E-state index contributed by atoms with van der Waals surface area (Å²) in [5.74, 6) is 0. The fraction of sp³-hybridized carbons (Fsp3) is 0.200.